The summed E-state index contributed by atoms with van der Waals surface area (Å²) in [6.45, 7) is 4.69. The fourth-order valence-electron chi connectivity index (χ4n) is 10.7. The Morgan fingerprint density at radius 2 is 0.671 bits per heavy atom. The molecule has 0 aliphatic heterocycles. The van der Waals surface area contributed by atoms with Gasteiger partial charge in [0.1, 0.15) is 13.2 Å². The molecule has 0 rings (SSSR count). The fourth-order valence-corrected chi connectivity index (χ4v) is 10.7. The van der Waals surface area contributed by atoms with Gasteiger partial charge in [-0.1, -0.05) is 338 Å². The van der Waals surface area contributed by atoms with Crippen LogP contribution in [0.15, 0.2) is 60.8 Å². The lowest BCUT2D eigenvalue weighted by Gasteiger charge is -2.26. The van der Waals surface area contributed by atoms with Gasteiger partial charge >= 0.3 is 11.9 Å². The molecule has 0 aromatic rings. The first-order chi connectivity index (χ1) is 41.6. The summed E-state index contributed by atoms with van der Waals surface area (Å²) in [5.41, 5.74) is 0. The van der Waals surface area contributed by atoms with Crippen LogP contribution in [0.5, 0.6) is 0 Å². The summed E-state index contributed by atoms with van der Waals surface area (Å²) in [5, 5.41) is 11.8. The number of hydrogen-bond donors (Lipinski definition) is 0. The number of carboxylic acid groups (broad SMARTS) is 1. The number of allylic oxidation sites excluding steroid dienone is 10. The standard InChI is InChI=1S/C76H139NO8/c1-6-8-10-12-14-16-18-20-22-24-26-28-30-32-34-35-36-37-38-39-41-42-44-46-48-50-52-54-56-58-60-62-64-66-73(78)83-70-72(71-84-76(75(80)81)82-69-68-77(3,4)5)85-74(79)67-65-63-61-59-57-55-53-51-49-47-45-43-40-33-31-29-27-25-23-21-19-17-15-13-11-9-7-2/h9,11,15,17,21,23,27,29,33,40,72,76H,6-8,10,12-14,16,18-20,22,24-26,28,30-32,34-39,41-71H2,1-5H3/b11-9-,17-15-,23-21-,29-27-,40-33-. The Labute approximate surface area is 526 Å². The van der Waals surface area contributed by atoms with Crippen molar-refractivity contribution in [2.24, 2.45) is 0 Å². The van der Waals surface area contributed by atoms with Crippen molar-refractivity contribution in [3.63, 3.8) is 0 Å². The summed E-state index contributed by atoms with van der Waals surface area (Å²) in [6, 6.07) is 0. The maximum absolute atomic E-state index is 12.9. The number of unbranched alkanes of at least 4 members (excludes halogenated alkanes) is 43. The smallest absolute Gasteiger partial charge is 0.306 e. The molecule has 0 amide bonds. The average Bonchev–Trinajstić information content (AvgIpc) is 3.48. The van der Waals surface area contributed by atoms with Crippen LogP contribution in [0.4, 0.5) is 0 Å². The van der Waals surface area contributed by atoms with E-state index in [0.29, 0.717) is 23.9 Å². The van der Waals surface area contributed by atoms with Gasteiger partial charge in [-0.15, -0.1) is 0 Å². The largest absolute Gasteiger partial charge is 0.545 e. The molecule has 496 valence electrons. The number of likely N-dealkylation sites (N-methyl/N-ethyl adjacent to an activating group) is 1. The zero-order valence-electron chi connectivity index (χ0n) is 56.7. The number of ether oxygens (including phenoxy) is 4. The third-order valence-corrected chi connectivity index (χ3v) is 16.3. The van der Waals surface area contributed by atoms with Gasteiger partial charge in [0.2, 0.25) is 0 Å². The van der Waals surface area contributed by atoms with Gasteiger partial charge in [0.15, 0.2) is 12.4 Å². The molecule has 0 heterocycles. The van der Waals surface area contributed by atoms with E-state index in [1.807, 2.05) is 21.1 Å². The summed E-state index contributed by atoms with van der Waals surface area (Å²) in [6.07, 6.45) is 84.6. The molecule has 0 radical (unpaired) electrons. The van der Waals surface area contributed by atoms with E-state index in [9.17, 15) is 19.5 Å². The molecule has 2 unspecified atom stereocenters. The number of aliphatic carboxylic acids is 1. The van der Waals surface area contributed by atoms with Crippen LogP contribution in [0, 0.1) is 0 Å². The Morgan fingerprint density at radius 1 is 0.365 bits per heavy atom. The van der Waals surface area contributed by atoms with E-state index in [0.717, 1.165) is 77.0 Å². The van der Waals surface area contributed by atoms with Gasteiger partial charge < -0.3 is 33.3 Å². The Kier molecular flexibility index (Phi) is 64.6. The minimum absolute atomic E-state index is 0.147. The monoisotopic (exact) mass is 1190 g/mol. The second kappa shape index (κ2) is 66.9. The summed E-state index contributed by atoms with van der Waals surface area (Å²) < 4.78 is 22.8. The van der Waals surface area contributed by atoms with Crippen molar-refractivity contribution in [3.8, 4) is 0 Å². The number of carbonyl (C=O) groups excluding carboxylic acids is 3. The average molecular weight is 1190 g/mol. The molecule has 0 saturated carbocycles. The molecule has 0 N–H and O–H groups in total. The summed E-state index contributed by atoms with van der Waals surface area (Å²) in [4.78, 5) is 37.5. The highest BCUT2D eigenvalue weighted by atomic mass is 16.7. The van der Waals surface area contributed by atoms with E-state index in [-0.39, 0.29) is 32.2 Å². The molecule has 0 aliphatic carbocycles. The highest BCUT2D eigenvalue weighted by Gasteiger charge is 2.22. The van der Waals surface area contributed by atoms with Crippen LogP contribution in [0.2, 0.25) is 0 Å². The highest BCUT2D eigenvalue weighted by molar-refractivity contribution is 5.70. The normalized spacial score (nSPS) is 13.0. The van der Waals surface area contributed by atoms with Crippen LogP contribution in [0.1, 0.15) is 348 Å². The Balaban J connectivity index is 4.05. The third kappa shape index (κ3) is 68.3. The summed E-state index contributed by atoms with van der Waals surface area (Å²) in [7, 11) is 5.94. The van der Waals surface area contributed by atoms with Crippen LogP contribution in [-0.2, 0) is 33.3 Å². The molecule has 0 aromatic heterocycles. The molecule has 0 saturated heterocycles. The topological polar surface area (TPSA) is 111 Å². The van der Waals surface area contributed by atoms with Crippen molar-refractivity contribution in [3.05, 3.63) is 60.8 Å². The first-order valence-corrected chi connectivity index (χ1v) is 36.4. The lowest BCUT2D eigenvalue weighted by atomic mass is 10.0. The first-order valence-electron chi connectivity index (χ1n) is 36.4. The molecule has 2 atom stereocenters. The van der Waals surface area contributed by atoms with Crippen molar-refractivity contribution in [2.45, 2.75) is 360 Å². The van der Waals surface area contributed by atoms with E-state index in [2.05, 4.69) is 74.6 Å². The molecule has 0 fully saturated rings. The van der Waals surface area contributed by atoms with E-state index < -0.39 is 24.3 Å². The minimum atomic E-state index is -1.62. The lowest BCUT2D eigenvalue weighted by Crippen LogP contribution is -2.44. The predicted molar refractivity (Wildman–Crippen MR) is 362 cm³/mol. The number of esters is 2. The van der Waals surface area contributed by atoms with Crippen molar-refractivity contribution in [1.82, 2.24) is 0 Å². The number of quaternary nitrogens is 1. The molecule has 85 heavy (non-hydrogen) atoms. The number of carbonyl (C=O) groups is 3. The van der Waals surface area contributed by atoms with Gasteiger partial charge in [-0.25, -0.2) is 0 Å². The molecular formula is C76H139NO8. The predicted octanol–water partition coefficient (Wildman–Crippen LogP) is 21.4. The first kappa shape index (κ1) is 82.0. The van der Waals surface area contributed by atoms with E-state index in [1.54, 1.807) is 0 Å². The van der Waals surface area contributed by atoms with Crippen molar-refractivity contribution >= 4 is 17.9 Å². The molecule has 0 aromatic carbocycles. The van der Waals surface area contributed by atoms with Gasteiger partial charge in [0.05, 0.1) is 40.3 Å². The highest BCUT2D eigenvalue weighted by Crippen LogP contribution is 2.19. The van der Waals surface area contributed by atoms with Crippen molar-refractivity contribution < 1.29 is 42.9 Å². The van der Waals surface area contributed by atoms with Gasteiger partial charge in [-0.3, -0.25) is 9.59 Å². The molecule has 0 bridgehead atoms. The lowest BCUT2D eigenvalue weighted by molar-refractivity contribution is -0.870. The van der Waals surface area contributed by atoms with Gasteiger partial charge in [-0.05, 0) is 57.8 Å². The molecule has 0 spiro atoms. The summed E-state index contributed by atoms with van der Waals surface area (Å²) >= 11 is 0. The molecule has 0 aliphatic rings. The van der Waals surface area contributed by atoms with Crippen molar-refractivity contribution in [2.75, 3.05) is 47.5 Å². The van der Waals surface area contributed by atoms with Crippen LogP contribution in [-0.4, -0.2) is 82.3 Å². The number of nitrogens with zero attached hydrogens (tertiary/aromatic N) is 1. The molecule has 9 heteroatoms. The van der Waals surface area contributed by atoms with E-state index >= 15 is 0 Å². The van der Waals surface area contributed by atoms with Crippen molar-refractivity contribution in [1.29, 1.82) is 0 Å². The SMILES string of the molecule is CC/C=C\C/C=C\C/C=C\C/C=C\C/C=C\CCCCCCCCCCCCCC(=O)OC(COC(=O)CCCCCCCCCCCCCCCCCCCCCCCCCCCCCCCCCCC)COC(OCC[N+](C)(C)C)C(=O)[O-]. The van der Waals surface area contributed by atoms with Crippen LogP contribution >= 0.6 is 0 Å². The number of carboxylic acids is 1. The maximum Gasteiger partial charge on any atom is 0.306 e. The number of hydrogen-bond acceptors (Lipinski definition) is 8. The quantitative estimate of drug-likeness (QED) is 0.0195. The summed E-state index contributed by atoms with van der Waals surface area (Å²) in [5.74, 6) is -2.27. The van der Waals surface area contributed by atoms with Gasteiger partial charge in [-0.2, -0.15) is 0 Å². The second-order valence-corrected chi connectivity index (χ2v) is 25.9. The maximum atomic E-state index is 12.9. The second-order valence-electron chi connectivity index (χ2n) is 25.9. The zero-order chi connectivity index (χ0) is 61.9. The molecular weight excluding hydrogens is 1050 g/mol. The van der Waals surface area contributed by atoms with Gasteiger partial charge in [0, 0.05) is 12.8 Å². The van der Waals surface area contributed by atoms with Gasteiger partial charge in [0.25, 0.3) is 0 Å². The third-order valence-electron chi connectivity index (χ3n) is 16.3. The Morgan fingerprint density at radius 3 is 1.00 bits per heavy atom. The van der Waals surface area contributed by atoms with Crippen LogP contribution in [0.3, 0.4) is 0 Å². The van der Waals surface area contributed by atoms with E-state index in [1.165, 1.54) is 238 Å². The Hall–Kier alpha value is -3.01. The number of rotatable bonds is 68. The molecule has 9 nitrogen and oxygen atoms in total. The Bertz CT molecular complexity index is 1580. The minimum Gasteiger partial charge on any atom is -0.545 e. The zero-order valence-corrected chi connectivity index (χ0v) is 56.7. The van der Waals surface area contributed by atoms with Crippen LogP contribution < -0.4 is 5.11 Å². The van der Waals surface area contributed by atoms with Crippen LogP contribution in [0.25, 0.3) is 0 Å². The van der Waals surface area contributed by atoms with E-state index in [4.69, 9.17) is 18.9 Å². The fraction of sp³-hybridized carbons (Fsp3) is 0.829.